The van der Waals surface area contributed by atoms with Crippen LogP contribution in [0.1, 0.15) is 122 Å². The van der Waals surface area contributed by atoms with Gasteiger partial charge in [-0.2, -0.15) is 0 Å². The summed E-state index contributed by atoms with van der Waals surface area (Å²) in [4.78, 5) is 37.1. The van der Waals surface area contributed by atoms with Crippen molar-refractivity contribution in [2.24, 2.45) is 23.7 Å². The summed E-state index contributed by atoms with van der Waals surface area (Å²) >= 11 is 0. The first kappa shape index (κ1) is 33.3. The largest absolute Gasteiger partial charge is 0.481 e. The molecule has 2 aliphatic carbocycles. The second-order valence-electron chi connectivity index (χ2n) is 13.0. The Kier molecular flexibility index (Phi) is 14.0. The van der Waals surface area contributed by atoms with E-state index in [9.17, 15) is 14.4 Å². The van der Waals surface area contributed by atoms with E-state index in [4.69, 9.17) is 24.1 Å². The first-order chi connectivity index (χ1) is 20.4. The van der Waals surface area contributed by atoms with Crippen molar-refractivity contribution in [2.75, 3.05) is 13.2 Å². The number of ether oxygens (including phenoxy) is 4. The molecular formula is C34H54O8. The topological polar surface area (TPSA) is 108 Å². The lowest BCUT2D eigenvalue weighted by Crippen LogP contribution is -2.32. The molecule has 2 heterocycles. The SMILES string of the molecule is CCCC[C@H]1CC[C@H]([C@@H](C=C[C@H]2[C@H](OC3CCCCO3)CC(=O)[C@@H]2CC(=O)CCCCC(=O)O)OC2CCCCO2)C1. The molecule has 4 fully saturated rings. The minimum absolute atomic E-state index is 0.0182. The van der Waals surface area contributed by atoms with Gasteiger partial charge in [0.2, 0.25) is 0 Å². The number of aliphatic carboxylic acids is 1. The summed E-state index contributed by atoms with van der Waals surface area (Å²) < 4.78 is 24.9. The van der Waals surface area contributed by atoms with Gasteiger partial charge in [0.1, 0.15) is 11.6 Å². The molecule has 8 atom stereocenters. The minimum Gasteiger partial charge on any atom is -0.481 e. The zero-order valence-corrected chi connectivity index (χ0v) is 25.7. The predicted octanol–water partition coefficient (Wildman–Crippen LogP) is 6.78. The maximum absolute atomic E-state index is 13.3. The molecule has 4 rings (SSSR count). The standard InChI is InChI=1S/C34H54O8/c1-2-3-10-24-15-16-25(21-24)30(41-33-13-6-8-19-39-33)18-17-27-28(22-26(35)11-4-5-12-32(37)38)29(36)23-31(27)42-34-14-7-9-20-40-34/h17-18,24-25,27-28,30-31,33-34H,2-16,19-23H2,1H3,(H,37,38)/t24-,25-,27+,28+,30+,31+,33?,34?/m0/s1. The van der Waals surface area contributed by atoms with Crippen molar-refractivity contribution in [3.8, 4) is 0 Å². The summed E-state index contributed by atoms with van der Waals surface area (Å²) in [6, 6.07) is 0. The van der Waals surface area contributed by atoms with E-state index in [0.717, 1.165) is 63.9 Å². The lowest BCUT2D eigenvalue weighted by molar-refractivity contribution is -0.193. The van der Waals surface area contributed by atoms with E-state index >= 15 is 0 Å². The van der Waals surface area contributed by atoms with E-state index in [1.165, 1.54) is 25.7 Å². The molecule has 0 aromatic rings. The van der Waals surface area contributed by atoms with E-state index in [1.807, 2.05) is 0 Å². The van der Waals surface area contributed by atoms with Gasteiger partial charge in [-0.15, -0.1) is 0 Å². The fourth-order valence-electron chi connectivity index (χ4n) is 7.28. The van der Waals surface area contributed by atoms with E-state index in [-0.39, 0.29) is 61.5 Å². The Labute approximate surface area is 252 Å². The molecule has 238 valence electrons. The molecule has 0 spiro atoms. The molecule has 4 aliphatic rings. The predicted molar refractivity (Wildman–Crippen MR) is 159 cm³/mol. The third-order valence-corrected chi connectivity index (χ3v) is 9.70. The number of ketones is 2. The number of carbonyl (C=O) groups is 3. The summed E-state index contributed by atoms with van der Waals surface area (Å²) in [5.41, 5.74) is 0. The van der Waals surface area contributed by atoms with Crippen molar-refractivity contribution >= 4 is 17.5 Å². The van der Waals surface area contributed by atoms with Crippen molar-refractivity contribution in [3.05, 3.63) is 12.2 Å². The molecule has 8 nitrogen and oxygen atoms in total. The van der Waals surface area contributed by atoms with Crippen LogP contribution in [-0.4, -0.2) is 60.6 Å². The third kappa shape index (κ3) is 10.5. The highest BCUT2D eigenvalue weighted by Crippen LogP contribution is 2.40. The molecule has 8 heteroatoms. The first-order valence-electron chi connectivity index (χ1n) is 16.9. The Bertz CT molecular complexity index is 875. The van der Waals surface area contributed by atoms with Gasteiger partial charge in [0, 0.05) is 50.7 Å². The van der Waals surface area contributed by atoms with Gasteiger partial charge in [0.25, 0.3) is 0 Å². The second-order valence-corrected chi connectivity index (χ2v) is 13.0. The number of hydrogen-bond acceptors (Lipinski definition) is 7. The summed E-state index contributed by atoms with van der Waals surface area (Å²) in [6.07, 6.45) is 18.4. The number of carboxylic acid groups (broad SMARTS) is 1. The Morgan fingerprint density at radius 2 is 1.71 bits per heavy atom. The summed E-state index contributed by atoms with van der Waals surface area (Å²) in [5.74, 6) is -0.265. The van der Waals surface area contributed by atoms with Gasteiger partial charge in [-0.05, 0) is 76.0 Å². The highest BCUT2D eigenvalue weighted by Gasteiger charge is 2.44. The smallest absolute Gasteiger partial charge is 0.303 e. The van der Waals surface area contributed by atoms with Gasteiger partial charge < -0.3 is 24.1 Å². The van der Waals surface area contributed by atoms with Crippen molar-refractivity contribution in [1.29, 1.82) is 0 Å². The van der Waals surface area contributed by atoms with Crippen LogP contribution in [0, 0.1) is 23.7 Å². The van der Waals surface area contributed by atoms with Crippen LogP contribution in [0.3, 0.4) is 0 Å². The van der Waals surface area contributed by atoms with E-state index in [1.54, 1.807) is 0 Å². The molecule has 42 heavy (non-hydrogen) atoms. The monoisotopic (exact) mass is 590 g/mol. The molecular weight excluding hydrogens is 536 g/mol. The van der Waals surface area contributed by atoms with Crippen LogP contribution in [0.4, 0.5) is 0 Å². The molecule has 2 saturated heterocycles. The molecule has 2 unspecified atom stereocenters. The van der Waals surface area contributed by atoms with Crippen LogP contribution in [-0.2, 0) is 33.3 Å². The van der Waals surface area contributed by atoms with Crippen LogP contribution in [0.15, 0.2) is 12.2 Å². The minimum atomic E-state index is -0.849. The molecule has 0 radical (unpaired) electrons. The maximum atomic E-state index is 13.3. The fourth-order valence-corrected chi connectivity index (χ4v) is 7.28. The van der Waals surface area contributed by atoms with Crippen LogP contribution in [0.25, 0.3) is 0 Å². The van der Waals surface area contributed by atoms with Crippen molar-refractivity contribution in [1.82, 2.24) is 0 Å². The van der Waals surface area contributed by atoms with Gasteiger partial charge in [-0.1, -0.05) is 44.8 Å². The molecule has 0 bridgehead atoms. The average Bonchev–Trinajstić information content (AvgIpc) is 3.57. The van der Waals surface area contributed by atoms with Gasteiger partial charge in [-0.25, -0.2) is 0 Å². The maximum Gasteiger partial charge on any atom is 0.303 e. The van der Waals surface area contributed by atoms with Crippen LogP contribution < -0.4 is 0 Å². The van der Waals surface area contributed by atoms with Gasteiger partial charge in [0.05, 0.1) is 12.2 Å². The fraction of sp³-hybridized carbons (Fsp3) is 0.853. The number of unbranched alkanes of at least 4 members (excludes halogenated alkanes) is 2. The summed E-state index contributed by atoms with van der Waals surface area (Å²) in [7, 11) is 0. The molecule has 0 aromatic carbocycles. The van der Waals surface area contributed by atoms with Crippen LogP contribution >= 0.6 is 0 Å². The number of carbonyl (C=O) groups excluding carboxylic acids is 2. The second kappa shape index (κ2) is 17.6. The lowest BCUT2D eigenvalue weighted by Gasteiger charge is -2.31. The zero-order chi connectivity index (χ0) is 29.7. The van der Waals surface area contributed by atoms with Gasteiger partial charge in [0.15, 0.2) is 12.6 Å². The first-order valence-corrected chi connectivity index (χ1v) is 16.9. The van der Waals surface area contributed by atoms with E-state index < -0.39 is 11.9 Å². The number of hydrogen-bond donors (Lipinski definition) is 1. The van der Waals surface area contributed by atoms with Crippen molar-refractivity contribution < 1.29 is 38.4 Å². The highest BCUT2D eigenvalue weighted by atomic mass is 16.7. The molecule has 1 N–H and O–H groups in total. The Morgan fingerprint density at radius 1 is 0.976 bits per heavy atom. The van der Waals surface area contributed by atoms with Gasteiger partial charge in [-0.3, -0.25) is 14.4 Å². The third-order valence-electron chi connectivity index (χ3n) is 9.70. The zero-order valence-electron chi connectivity index (χ0n) is 25.7. The van der Waals surface area contributed by atoms with Gasteiger partial charge >= 0.3 is 5.97 Å². The molecule has 2 aliphatic heterocycles. The highest BCUT2D eigenvalue weighted by molar-refractivity contribution is 5.90. The van der Waals surface area contributed by atoms with Crippen LogP contribution in [0.5, 0.6) is 0 Å². The summed E-state index contributed by atoms with van der Waals surface area (Å²) in [5, 5.41) is 8.90. The molecule has 2 saturated carbocycles. The Morgan fingerprint density at radius 3 is 2.40 bits per heavy atom. The van der Waals surface area contributed by atoms with Crippen molar-refractivity contribution in [2.45, 2.75) is 147 Å². The quantitative estimate of drug-likeness (QED) is 0.146. The van der Waals surface area contributed by atoms with Crippen molar-refractivity contribution in [3.63, 3.8) is 0 Å². The number of Topliss-reactive ketones (excluding diaryl/α,β-unsaturated/α-hetero) is 2. The Balaban J connectivity index is 1.47. The van der Waals surface area contributed by atoms with E-state index in [0.29, 0.717) is 31.8 Å². The van der Waals surface area contributed by atoms with E-state index in [2.05, 4.69) is 19.1 Å². The summed E-state index contributed by atoms with van der Waals surface area (Å²) in [6.45, 7) is 3.65. The normalized spacial score (nSPS) is 32.9. The Hall–Kier alpha value is -1.61. The molecule has 0 amide bonds. The molecule has 0 aromatic heterocycles. The van der Waals surface area contributed by atoms with Crippen LogP contribution in [0.2, 0.25) is 0 Å². The number of rotatable bonds is 17. The number of carboxylic acids is 1. The average molecular weight is 591 g/mol. The lowest BCUT2D eigenvalue weighted by atomic mass is 9.87.